The number of nitrogens with one attached hydrogen (secondary N) is 4. The van der Waals surface area contributed by atoms with Gasteiger partial charge >= 0.3 is 6.09 Å². The Morgan fingerprint density at radius 3 is 2.46 bits per heavy atom. The first-order valence-electron chi connectivity index (χ1n) is 15.9. The third-order valence-corrected chi connectivity index (χ3v) is 9.39. The molecule has 0 radical (unpaired) electrons. The monoisotopic (exact) mass is 621 g/mol. The van der Waals surface area contributed by atoms with Crippen LogP contribution in [-0.2, 0) is 14.3 Å². The summed E-state index contributed by atoms with van der Waals surface area (Å²) in [6, 6.07) is 18.5. The molecule has 4 atom stereocenters. The van der Waals surface area contributed by atoms with Crippen molar-refractivity contribution in [1.82, 2.24) is 35.5 Å². The van der Waals surface area contributed by atoms with Crippen LogP contribution < -0.4 is 10.6 Å². The predicted octanol–water partition coefficient (Wildman–Crippen LogP) is 5.62. The summed E-state index contributed by atoms with van der Waals surface area (Å²) in [6.45, 7) is 3.36. The van der Waals surface area contributed by atoms with Gasteiger partial charge in [-0.25, -0.2) is 14.8 Å². The van der Waals surface area contributed by atoms with Gasteiger partial charge in [-0.1, -0.05) is 30.3 Å². The molecule has 2 amide bonds. The van der Waals surface area contributed by atoms with E-state index in [1.807, 2.05) is 6.20 Å². The molecule has 2 aliphatic rings. The van der Waals surface area contributed by atoms with Crippen LogP contribution in [0.2, 0.25) is 0 Å². The zero-order valence-electron chi connectivity index (χ0n) is 26.3. The number of imidazole rings is 2. The molecule has 2 aliphatic heterocycles. The Balaban J connectivity index is 1.10. The van der Waals surface area contributed by atoms with Crippen molar-refractivity contribution in [2.45, 2.75) is 56.8 Å². The van der Waals surface area contributed by atoms with Crippen molar-refractivity contribution in [3.05, 3.63) is 72.4 Å². The number of aromatic nitrogens is 4. The summed E-state index contributed by atoms with van der Waals surface area (Å²) in [5, 5.41) is 8.42. The van der Waals surface area contributed by atoms with E-state index in [1.54, 1.807) is 11.8 Å². The number of fused-ring (bicyclic) bond motifs is 2. The van der Waals surface area contributed by atoms with E-state index in [9.17, 15) is 9.59 Å². The quantitative estimate of drug-likeness (QED) is 0.177. The van der Waals surface area contributed by atoms with Crippen LogP contribution in [0.5, 0.6) is 0 Å². The van der Waals surface area contributed by atoms with Crippen molar-refractivity contribution >= 4 is 33.8 Å². The van der Waals surface area contributed by atoms with E-state index in [4.69, 9.17) is 14.5 Å². The smallest absolute Gasteiger partial charge is 0.407 e. The van der Waals surface area contributed by atoms with Crippen molar-refractivity contribution in [3.63, 3.8) is 0 Å². The van der Waals surface area contributed by atoms with Crippen LogP contribution in [-0.4, -0.2) is 76.3 Å². The number of rotatable bonds is 8. The molecule has 3 aromatic carbocycles. The van der Waals surface area contributed by atoms with Crippen LogP contribution in [0.25, 0.3) is 44.2 Å². The molecule has 2 fully saturated rings. The summed E-state index contributed by atoms with van der Waals surface area (Å²) in [7, 11) is 2.78. The zero-order valence-corrected chi connectivity index (χ0v) is 26.3. The molecule has 46 heavy (non-hydrogen) atoms. The number of carbonyl (C=O) groups is 2. The highest BCUT2D eigenvalue weighted by Gasteiger charge is 2.38. The van der Waals surface area contributed by atoms with Crippen molar-refractivity contribution in [2.75, 3.05) is 27.3 Å². The fraction of sp³-hybridized carbons (Fsp3) is 0.371. The maximum absolute atomic E-state index is 13.6. The van der Waals surface area contributed by atoms with Crippen LogP contribution in [0.4, 0.5) is 4.79 Å². The van der Waals surface area contributed by atoms with Gasteiger partial charge in [0.2, 0.25) is 5.91 Å². The molecule has 2 aromatic heterocycles. The number of hydrogen-bond donors (Lipinski definition) is 4. The molecule has 0 saturated carbocycles. The van der Waals surface area contributed by atoms with Gasteiger partial charge < -0.3 is 35.0 Å². The van der Waals surface area contributed by atoms with Gasteiger partial charge in [0.15, 0.2) is 0 Å². The minimum atomic E-state index is -0.869. The first kappa shape index (κ1) is 29.9. The Bertz CT molecular complexity index is 1890. The Morgan fingerprint density at radius 2 is 1.70 bits per heavy atom. The lowest BCUT2D eigenvalue weighted by molar-refractivity contribution is -0.137. The van der Waals surface area contributed by atoms with Crippen LogP contribution >= 0.6 is 0 Å². The second-order valence-electron chi connectivity index (χ2n) is 12.2. The van der Waals surface area contributed by atoms with E-state index in [-0.39, 0.29) is 11.9 Å². The number of likely N-dealkylation sites (tertiary alicyclic amines) is 1. The molecule has 0 bridgehead atoms. The Hall–Kier alpha value is -4.74. The fourth-order valence-electron chi connectivity index (χ4n) is 6.73. The van der Waals surface area contributed by atoms with E-state index in [1.165, 1.54) is 20.6 Å². The average molecular weight is 622 g/mol. The fourth-order valence-corrected chi connectivity index (χ4v) is 6.73. The van der Waals surface area contributed by atoms with E-state index in [2.05, 4.69) is 80.2 Å². The number of hydrogen-bond acceptors (Lipinski definition) is 7. The maximum atomic E-state index is 13.6. The number of methoxy groups -OCH3 is 2. The number of aromatic amines is 2. The largest absolute Gasteiger partial charge is 0.453 e. The second kappa shape index (κ2) is 12.6. The molecule has 238 valence electrons. The summed E-state index contributed by atoms with van der Waals surface area (Å²) < 4.78 is 10.1. The van der Waals surface area contributed by atoms with Gasteiger partial charge in [0.25, 0.3) is 0 Å². The molecule has 11 heteroatoms. The molecule has 1 unspecified atom stereocenters. The minimum absolute atomic E-state index is 0.223. The number of H-pyrrole nitrogens is 2. The van der Waals surface area contributed by atoms with Crippen LogP contribution in [0.1, 0.15) is 56.3 Å². The Morgan fingerprint density at radius 1 is 0.935 bits per heavy atom. The van der Waals surface area contributed by atoms with Gasteiger partial charge in [-0.2, -0.15) is 0 Å². The number of benzene rings is 3. The molecule has 11 nitrogen and oxygen atoms in total. The molecular formula is C35H39N7O4. The van der Waals surface area contributed by atoms with Gasteiger partial charge in [0.1, 0.15) is 17.7 Å². The normalized spacial score (nSPS) is 19.5. The topological polar surface area (TPSA) is 137 Å². The van der Waals surface area contributed by atoms with Crippen LogP contribution in [0.3, 0.4) is 0 Å². The zero-order chi connectivity index (χ0) is 31.8. The molecular weight excluding hydrogens is 582 g/mol. The summed E-state index contributed by atoms with van der Waals surface area (Å²) in [4.78, 5) is 43.8. The molecule has 4 N–H and O–H groups in total. The highest BCUT2D eigenvalue weighted by molar-refractivity contribution is 5.92. The number of ether oxygens (including phenoxy) is 2. The van der Waals surface area contributed by atoms with Gasteiger partial charge in [-0.3, -0.25) is 4.79 Å². The molecule has 5 aromatic rings. The maximum Gasteiger partial charge on any atom is 0.407 e. The molecule has 2 saturated heterocycles. The highest BCUT2D eigenvalue weighted by Crippen LogP contribution is 2.34. The Labute approximate surface area is 267 Å². The molecule has 0 aliphatic carbocycles. The lowest BCUT2D eigenvalue weighted by Crippen LogP contribution is -2.54. The number of carbonyl (C=O) groups excluding carboxylic acids is 2. The molecule has 0 spiro atoms. The lowest BCUT2D eigenvalue weighted by Gasteiger charge is -2.30. The third-order valence-electron chi connectivity index (χ3n) is 9.39. The van der Waals surface area contributed by atoms with E-state index < -0.39 is 18.2 Å². The van der Waals surface area contributed by atoms with Gasteiger partial charge in [0.05, 0.1) is 48.2 Å². The SMILES string of the molecule is COC(=O)N[C@H](C(=O)N1CCC[C@H]1c1ncc(-c2ccc3cc(-c4ccc5nc(C6CCCN6)[nH]c5c4)ccc3c2)[nH]1)[C@@H](C)OC. The van der Waals surface area contributed by atoms with Crippen LogP contribution in [0.15, 0.2) is 60.8 Å². The van der Waals surface area contributed by atoms with Crippen LogP contribution in [0, 0.1) is 0 Å². The lowest BCUT2D eigenvalue weighted by atomic mass is 9.99. The first-order chi connectivity index (χ1) is 22.4. The number of nitrogens with zero attached hydrogens (tertiary/aromatic N) is 3. The first-order valence-corrected chi connectivity index (χ1v) is 15.9. The summed E-state index contributed by atoms with van der Waals surface area (Å²) >= 11 is 0. The van der Waals surface area contributed by atoms with E-state index in [0.717, 1.165) is 81.6 Å². The standard InChI is InChI=1S/C35H39N7O4/c1-20(45-2)31(41-35(44)46-3)34(43)42-15-5-7-30(42)33-37-19-29(40-33)25-11-10-21-16-22(8-9-23(21)17-25)24-12-13-26-28(18-24)39-32(38-26)27-6-4-14-36-27/h8-13,16-20,27,30-31,36H,4-7,14-15H2,1-3H3,(H,37,40)(H,38,39)(H,41,44)/t20-,27?,30+,31+/m1/s1. The Kier molecular flexibility index (Phi) is 8.18. The molecule has 4 heterocycles. The summed E-state index contributed by atoms with van der Waals surface area (Å²) in [5.41, 5.74) is 6.23. The van der Waals surface area contributed by atoms with Gasteiger partial charge in [0, 0.05) is 19.2 Å². The number of alkyl carbamates (subject to hydrolysis) is 1. The third kappa shape index (κ3) is 5.72. The second-order valence-corrected chi connectivity index (χ2v) is 12.2. The van der Waals surface area contributed by atoms with Crippen molar-refractivity contribution in [3.8, 4) is 22.4 Å². The van der Waals surface area contributed by atoms with E-state index >= 15 is 0 Å². The van der Waals surface area contributed by atoms with E-state index in [0.29, 0.717) is 12.6 Å². The van der Waals surface area contributed by atoms with Crippen molar-refractivity contribution < 1.29 is 19.1 Å². The van der Waals surface area contributed by atoms with Gasteiger partial charge in [-0.05, 0) is 85.3 Å². The van der Waals surface area contributed by atoms with Crippen molar-refractivity contribution in [1.29, 1.82) is 0 Å². The van der Waals surface area contributed by atoms with Crippen molar-refractivity contribution in [2.24, 2.45) is 0 Å². The van der Waals surface area contributed by atoms with Gasteiger partial charge in [-0.15, -0.1) is 0 Å². The number of amides is 2. The minimum Gasteiger partial charge on any atom is -0.453 e. The highest BCUT2D eigenvalue weighted by atomic mass is 16.5. The summed E-state index contributed by atoms with van der Waals surface area (Å²) in [6.07, 6.45) is 4.52. The average Bonchev–Trinajstić information content (AvgIpc) is 3.91. The molecule has 7 rings (SSSR count). The summed E-state index contributed by atoms with van der Waals surface area (Å²) in [5.74, 6) is 1.52. The predicted molar refractivity (Wildman–Crippen MR) is 176 cm³/mol.